The highest BCUT2D eigenvalue weighted by Gasteiger charge is 2.34. The largest absolute Gasteiger partial charge is 0.496 e. The van der Waals surface area contributed by atoms with Gasteiger partial charge in [0.05, 0.1) is 12.7 Å². The standard InChI is InChI=1S/C23H24N4O3S2/c1-13-7-14(2)9-16(8-13)27-12-15(10-20(27)28)22-25-26-23(32-22)24-21(29)18-6-5-17(31-4)11-19(18)30-3/h5-9,11,15H,10,12H2,1-4H3,(H,24,26,29)/t15-/m1/s1. The van der Waals surface area contributed by atoms with Gasteiger partial charge in [-0.05, 0) is 61.6 Å². The highest BCUT2D eigenvalue weighted by atomic mass is 32.2. The molecule has 3 aromatic rings. The van der Waals surface area contributed by atoms with Gasteiger partial charge in [0, 0.05) is 29.5 Å². The number of hydrogen-bond acceptors (Lipinski definition) is 7. The number of benzene rings is 2. The van der Waals surface area contributed by atoms with Crippen molar-refractivity contribution in [3.63, 3.8) is 0 Å². The number of amides is 2. The summed E-state index contributed by atoms with van der Waals surface area (Å²) >= 11 is 2.88. The van der Waals surface area contributed by atoms with E-state index in [1.165, 1.54) is 18.4 Å². The van der Waals surface area contributed by atoms with E-state index in [4.69, 9.17) is 4.74 Å². The van der Waals surface area contributed by atoms with Crippen molar-refractivity contribution < 1.29 is 14.3 Å². The maximum absolute atomic E-state index is 12.8. The molecule has 1 fully saturated rings. The summed E-state index contributed by atoms with van der Waals surface area (Å²) in [6, 6.07) is 11.6. The van der Waals surface area contributed by atoms with Crippen LogP contribution in [0.2, 0.25) is 0 Å². The lowest BCUT2D eigenvalue weighted by Gasteiger charge is -2.17. The summed E-state index contributed by atoms with van der Waals surface area (Å²) in [6.45, 7) is 4.60. The summed E-state index contributed by atoms with van der Waals surface area (Å²) in [5, 5.41) is 12.3. The Morgan fingerprint density at radius 2 is 1.94 bits per heavy atom. The lowest BCUT2D eigenvalue weighted by atomic mass is 10.1. The monoisotopic (exact) mass is 468 g/mol. The SMILES string of the molecule is COc1cc(SC)ccc1C(=O)Nc1nnc([C@@H]2CC(=O)N(c3cc(C)cc(C)c3)C2)s1. The first-order valence-electron chi connectivity index (χ1n) is 10.1. The number of nitrogens with zero attached hydrogens (tertiary/aromatic N) is 3. The van der Waals surface area contributed by atoms with E-state index in [9.17, 15) is 9.59 Å². The van der Waals surface area contributed by atoms with Crippen molar-refractivity contribution in [2.45, 2.75) is 31.1 Å². The van der Waals surface area contributed by atoms with Crippen LogP contribution in [0.1, 0.15) is 38.8 Å². The zero-order valence-corrected chi connectivity index (χ0v) is 20.0. The first kappa shape index (κ1) is 22.3. The minimum atomic E-state index is -0.309. The number of aromatic nitrogens is 2. The van der Waals surface area contributed by atoms with Crippen molar-refractivity contribution in [3.8, 4) is 5.75 Å². The van der Waals surface area contributed by atoms with E-state index in [-0.39, 0.29) is 17.7 Å². The minimum Gasteiger partial charge on any atom is -0.496 e. The molecule has 2 amide bonds. The van der Waals surface area contributed by atoms with Gasteiger partial charge in [-0.3, -0.25) is 14.9 Å². The van der Waals surface area contributed by atoms with Gasteiger partial charge in [0.15, 0.2) is 0 Å². The number of methoxy groups -OCH3 is 1. The smallest absolute Gasteiger partial charge is 0.261 e. The molecule has 4 rings (SSSR count). The number of rotatable bonds is 6. The number of ether oxygens (including phenoxy) is 1. The zero-order valence-electron chi connectivity index (χ0n) is 18.3. The molecular formula is C23H24N4O3S2. The second kappa shape index (κ2) is 9.30. The van der Waals surface area contributed by atoms with Gasteiger partial charge < -0.3 is 9.64 Å². The van der Waals surface area contributed by atoms with Crippen LogP contribution in [0.3, 0.4) is 0 Å². The van der Waals surface area contributed by atoms with E-state index in [0.717, 1.165) is 26.7 Å². The van der Waals surface area contributed by atoms with Crippen molar-refractivity contribution in [1.29, 1.82) is 0 Å². The predicted molar refractivity (Wildman–Crippen MR) is 128 cm³/mol. The highest BCUT2D eigenvalue weighted by Crippen LogP contribution is 2.35. The fraction of sp³-hybridized carbons (Fsp3) is 0.304. The molecule has 1 N–H and O–H groups in total. The lowest BCUT2D eigenvalue weighted by Crippen LogP contribution is -2.24. The van der Waals surface area contributed by atoms with Gasteiger partial charge in [-0.15, -0.1) is 22.0 Å². The van der Waals surface area contributed by atoms with Crippen LogP contribution in [0, 0.1) is 13.8 Å². The fourth-order valence-electron chi connectivity index (χ4n) is 3.83. The lowest BCUT2D eigenvalue weighted by molar-refractivity contribution is -0.117. The maximum atomic E-state index is 12.8. The Kier molecular flexibility index (Phi) is 6.48. The number of carbonyl (C=O) groups is 2. The summed E-state index contributed by atoms with van der Waals surface area (Å²) in [5.41, 5.74) is 3.59. The molecule has 0 bridgehead atoms. The summed E-state index contributed by atoms with van der Waals surface area (Å²) < 4.78 is 5.37. The molecule has 32 heavy (non-hydrogen) atoms. The Balaban J connectivity index is 1.47. The van der Waals surface area contributed by atoms with E-state index < -0.39 is 0 Å². The molecular weight excluding hydrogens is 444 g/mol. The second-order valence-corrected chi connectivity index (χ2v) is 9.61. The number of nitrogens with one attached hydrogen (secondary N) is 1. The Labute approximate surface area is 195 Å². The Bertz CT molecular complexity index is 1160. The van der Waals surface area contributed by atoms with E-state index in [1.807, 2.05) is 49.3 Å². The molecule has 1 aromatic heterocycles. The molecule has 0 spiro atoms. The maximum Gasteiger partial charge on any atom is 0.261 e. The average Bonchev–Trinajstić information content (AvgIpc) is 3.39. The molecule has 1 aliphatic heterocycles. The van der Waals surface area contributed by atoms with Gasteiger partial charge in [0.2, 0.25) is 11.0 Å². The molecule has 0 saturated carbocycles. The van der Waals surface area contributed by atoms with Crippen LogP contribution in [0.15, 0.2) is 41.3 Å². The number of anilines is 2. The van der Waals surface area contributed by atoms with E-state index >= 15 is 0 Å². The van der Waals surface area contributed by atoms with Crippen LogP contribution in [0.4, 0.5) is 10.8 Å². The minimum absolute atomic E-state index is 0.0538. The molecule has 166 valence electrons. The van der Waals surface area contributed by atoms with Crippen LogP contribution in [0.5, 0.6) is 5.75 Å². The van der Waals surface area contributed by atoms with Gasteiger partial charge in [0.25, 0.3) is 5.91 Å². The zero-order chi connectivity index (χ0) is 22.8. The summed E-state index contributed by atoms with van der Waals surface area (Å²) in [4.78, 5) is 28.2. The number of hydrogen-bond donors (Lipinski definition) is 1. The van der Waals surface area contributed by atoms with Crippen molar-refractivity contribution in [3.05, 3.63) is 58.1 Å². The molecule has 0 unspecified atom stereocenters. The Morgan fingerprint density at radius 1 is 1.19 bits per heavy atom. The topological polar surface area (TPSA) is 84.4 Å². The molecule has 1 aliphatic rings. The Hall–Kier alpha value is -2.91. The number of aryl methyl sites for hydroxylation is 2. The fourth-order valence-corrected chi connectivity index (χ4v) is 5.09. The molecule has 1 atom stereocenters. The van der Waals surface area contributed by atoms with Crippen molar-refractivity contribution in [2.24, 2.45) is 0 Å². The van der Waals surface area contributed by atoms with Gasteiger partial charge in [-0.1, -0.05) is 17.4 Å². The molecule has 1 saturated heterocycles. The molecule has 7 nitrogen and oxygen atoms in total. The molecule has 2 heterocycles. The van der Waals surface area contributed by atoms with Crippen LogP contribution >= 0.6 is 23.1 Å². The van der Waals surface area contributed by atoms with Gasteiger partial charge in [0.1, 0.15) is 10.8 Å². The van der Waals surface area contributed by atoms with Gasteiger partial charge >= 0.3 is 0 Å². The third kappa shape index (κ3) is 4.63. The van der Waals surface area contributed by atoms with Crippen LogP contribution in [-0.4, -0.2) is 41.9 Å². The van der Waals surface area contributed by atoms with E-state index in [2.05, 4.69) is 21.6 Å². The number of carbonyl (C=O) groups excluding carboxylic acids is 2. The summed E-state index contributed by atoms with van der Waals surface area (Å²) in [7, 11) is 1.54. The van der Waals surface area contributed by atoms with E-state index in [0.29, 0.717) is 29.4 Å². The highest BCUT2D eigenvalue weighted by molar-refractivity contribution is 7.98. The third-order valence-corrected chi connectivity index (χ3v) is 7.03. The molecule has 0 radical (unpaired) electrons. The predicted octanol–water partition coefficient (Wildman–Crippen LogP) is 4.66. The first-order valence-corrected chi connectivity index (χ1v) is 12.2. The van der Waals surface area contributed by atoms with Crippen LogP contribution < -0.4 is 15.0 Å². The van der Waals surface area contributed by atoms with Gasteiger partial charge in [-0.2, -0.15) is 0 Å². The van der Waals surface area contributed by atoms with Crippen molar-refractivity contribution in [2.75, 3.05) is 30.1 Å². The summed E-state index contributed by atoms with van der Waals surface area (Å²) in [6.07, 6.45) is 2.34. The average molecular weight is 469 g/mol. The number of thioether (sulfide) groups is 1. The normalized spacial score (nSPS) is 15.8. The molecule has 9 heteroatoms. The third-order valence-electron chi connectivity index (χ3n) is 5.31. The quantitative estimate of drug-likeness (QED) is 0.530. The summed E-state index contributed by atoms with van der Waals surface area (Å²) in [5.74, 6) is 0.211. The molecule has 0 aliphatic carbocycles. The second-order valence-electron chi connectivity index (χ2n) is 7.72. The first-order chi connectivity index (χ1) is 15.4. The van der Waals surface area contributed by atoms with Crippen LogP contribution in [-0.2, 0) is 4.79 Å². The van der Waals surface area contributed by atoms with Crippen molar-refractivity contribution >= 4 is 45.7 Å². The Morgan fingerprint density at radius 3 is 2.62 bits per heavy atom. The molecule has 2 aromatic carbocycles. The van der Waals surface area contributed by atoms with Crippen molar-refractivity contribution in [1.82, 2.24) is 10.2 Å². The van der Waals surface area contributed by atoms with Gasteiger partial charge in [-0.25, -0.2) is 0 Å². The van der Waals surface area contributed by atoms with Crippen LogP contribution in [0.25, 0.3) is 0 Å². The van der Waals surface area contributed by atoms with E-state index in [1.54, 1.807) is 17.8 Å².